The van der Waals surface area contributed by atoms with Crippen LogP contribution in [0.1, 0.15) is 22.5 Å². The number of alkyl halides is 3. The molecule has 1 N–H and O–H groups in total. The maximum absolute atomic E-state index is 13.3. The Morgan fingerprint density at radius 2 is 1.68 bits per heavy atom. The Bertz CT molecular complexity index is 1380. The molecule has 1 aliphatic rings. The fourth-order valence-corrected chi connectivity index (χ4v) is 4.62. The summed E-state index contributed by atoms with van der Waals surface area (Å²) in [4.78, 5) is 26.8. The Morgan fingerprint density at radius 3 is 2.35 bits per heavy atom. The zero-order chi connectivity index (χ0) is 24.8. The van der Waals surface area contributed by atoms with Crippen molar-refractivity contribution >= 4 is 63.5 Å². The molecular formula is C24H17F3IN3O2S. The van der Waals surface area contributed by atoms with Crippen LogP contribution >= 0.6 is 34.8 Å². The summed E-state index contributed by atoms with van der Waals surface area (Å²) in [5.74, 6) is -1.51. The number of anilines is 1. The highest BCUT2D eigenvalue weighted by Gasteiger charge is 2.36. The summed E-state index contributed by atoms with van der Waals surface area (Å²) in [6, 6.07) is 13.9. The van der Waals surface area contributed by atoms with E-state index < -0.39 is 23.6 Å². The van der Waals surface area contributed by atoms with Crippen LogP contribution in [0.2, 0.25) is 0 Å². The van der Waals surface area contributed by atoms with Gasteiger partial charge < -0.3 is 4.57 Å². The van der Waals surface area contributed by atoms with Crippen LogP contribution in [0.15, 0.2) is 60.2 Å². The van der Waals surface area contributed by atoms with Crippen molar-refractivity contribution in [2.45, 2.75) is 20.0 Å². The highest BCUT2D eigenvalue weighted by Crippen LogP contribution is 2.33. The van der Waals surface area contributed by atoms with E-state index in [4.69, 9.17) is 12.2 Å². The second-order valence-electron chi connectivity index (χ2n) is 7.65. The Labute approximate surface area is 212 Å². The maximum atomic E-state index is 13.3. The average molecular weight is 595 g/mol. The van der Waals surface area contributed by atoms with Gasteiger partial charge in [-0.25, -0.2) is 0 Å². The SMILES string of the molecule is Cc1cc(/C=C2\C(=O)NC(=S)N(c3cccc(C(F)(F)F)c3)C2=O)c(C)n1-c1cccc(I)c1. The van der Waals surface area contributed by atoms with Crippen molar-refractivity contribution in [2.75, 3.05) is 4.90 Å². The molecule has 2 heterocycles. The summed E-state index contributed by atoms with van der Waals surface area (Å²) in [5, 5.41) is 2.13. The second-order valence-corrected chi connectivity index (χ2v) is 9.28. The van der Waals surface area contributed by atoms with E-state index in [1.54, 1.807) is 0 Å². The van der Waals surface area contributed by atoms with Gasteiger partial charge >= 0.3 is 6.18 Å². The molecule has 5 nitrogen and oxygen atoms in total. The van der Waals surface area contributed by atoms with Crippen molar-refractivity contribution in [3.63, 3.8) is 0 Å². The van der Waals surface area contributed by atoms with Gasteiger partial charge in [-0.05, 0) is 103 Å². The van der Waals surface area contributed by atoms with Crippen LogP contribution in [0.25, 0.3) is 11.8 Å². The molecule has 0 aliphatic carbocycles. The van der Waals surface area contributed by atoms with Crippen LogP contribution in [0.4, 0.5) is 18.9 Å². The van der Waals surface area contributed by atoms with Crippen LogP contribution < -0.4 is 10.2 Å². The smallest absolute Gasteiger partial charge is 0.318 e. The van der Waals surface area contributed by atoms with Crippen LogP contribution in [-0.4, -0.2) is 21.5 Å². The van der Waals surface area contributed by atoms with Crippen molar-refractivity contribution in [1.82, 2.24) is 9.88 Å². The number of benzene rings is 2. The van der Waals surface area contributed by atoms with Crippen LogP contribution in [0.3, 0.4) is 0 Å². The molecule has 1 aliphatic heterocycles. The normalized spacial score (nSPS) is 15.8. The molecule has 10 heteroatoms. The summed E-state index contributed by atoms with van der Waals surface area (Å²) in [6.07, 6.45) is -3.15. The van der Waals surface area contributed by atoms with Gasteiger partial charge in [-0.3, -0.25) is 19.8 Å². The van der Waals surface area contributed by atoms with E-state index in [0.717, 1.165) is 37.7 Å². The summed E-state index contributed by atoms with van der Waals surface area (Å²) in [7, 11) is 0. The van der Waals surface area contributed by atoms with E-state index in [-0.39, 0.29) is 16.4 Å². The fourth-order valence-electron chi connectivity index (χ4n) is 3.82. The molecule has 0 atom stereocenters. The molecule has 34 heavy (non-hydrogen) atoms. The van der Waals surface area contributed by atoms with Gasteiger partial charge in [0.25, 0.3) is 11.8 Å². The predicted octanol–water partition coefficient (Wildman–Crippen LogP) is 5.55. The first-order valence-corrected chi connectivity index (χ1v) is 11.5. The molecule has 174 valence electrons. The summed E-state index contributed by atoms with van der Waals surface area (Å²) in [6.45, 7) is 3.77. The molecular weight excluding hydrogens is 578 g/mol. The van der Waals surface area contributed by atoms with Crippen molar-refractivity contribution in [3.8, 4) is 5.69 Å². The van der Waals surface area contributed by atoms with E-state index in [1.807, 2.05) is 48.7 Å². The highest BCUT2D eigenvalue weighted by atomic mass is 127. The lowest BCUT2D eigenvalue weighted by atomic mass is 10.1. The van der Waals surface area contributed by atoms with Gasteiger partial charge in [0.15, 0.2) is 5.11 Å². The minimum absolute atomic E-state index is 0.0833. The molecule has 0 spiro atoms. The molecule has 0 radical (unpaired) electrons. The van der Waals surface area contributed by atoms with Gasteiger partial charge in [-0.15, -0.1) is 0 Å². The number of aryl methyl sites for hydroxylation is 1. The number of thiocarbonyl (C=S) groups is 1. The van der Waals surface area contributed by atoms with Gasteiger partial charge in [-0.1, -0.05) is 12.1 Å². The number of amides is 2. The van der Waals surface area contributed by atoms with Crippen molar-refractivity contribution < 1.29 is 22.8 Å². The molecule has 1 aromatic heterocycles. The Balaban J connectivity index is 1.76. The van der Waals surface area contributed by atoms with Gasteiger partial charge in [0.1, 0.15) is 5.57 Å². The lowest BCUT2D eigenvalue weighted by Crippen LogP contribution is -2.54. The molecule has 0 bridgehead atoms. The summed E-state index contributed by atoms with van der Waals surface area (Å²) < 4.78 is 42.6. The minimum Gasteiger partial charge on any atom is -0.318 e. The molecule has 0 unspecified atom stereocenters. The molecule has 2 aromatic carbocycles. The second kappa shape index (κ2) is 8.99. The lowest BCUT2D eigenvalue weighted by Gasteiger charge is -2.29. The molecule has 0 saturated carbocycles. The van der Waals surface area contributed by atoms with Crippen LogP contribution in [-0.2, 0) is 15.8 Å². The number of hydrogen-bond donors (Lipinski definition) is 1. The first-order valence-electron chi connectivity index (χ1n) is 10.0. The van der Waals surface area contributed by atoms with Crippen LogP contribution in [0, 0.1) is 17.4 Å². The highest BCUT2D eigenvalue weighted by molar-refractivity contribution is 14.1. The van der Waals surface area contributed by atoms with Crippen molar-refractivity contribution in [3.05, 3.63) is 86.3 Å². The van der Waals surface area contributed by atoms with E-state index in [0.29, 0.717) is 5.56 Å². The monoisotopic (exact) mass is 595 g/mol. The number of hydrogen-bond acceptors (Lipinski definition) is 3. The zero-order valence-electron chi connectivity index (χ0n) is 17.9. The topological polar surface area (TPSA) is 54.3 Å². The third-order valence-electron chi connectivity index (χ3n) is 5.37. The Hall–Kier alpha value is -2.99. The number of aromatic nitrogens is 1. The molecule has 2 amide bonds. The summed E-state index contributed by atoms with van der Waals surface area (Å²) in [5.41, 5.74) is 2.01. The van der Waals surface area contributed by atoms with Crippen LogP contribution in [0.5, 0.6) is 0 Å². The quantitative estimate of drug-likeness (QED) is 0.187. The summed E-state index contributed by atoms with van der Waals surface area (Å²) >= 11 is 7.32. The Kier molecular flexibility index (Phi) is 6.38. The largest absolute Gasteiger partial charge is 0.416 e. The third kappa shape index (κ3) is 4.51. The number of carbonyl (C=O) groups is 2. The number of carbonyl (C=O) groups excluding carboxylic acids is 2. The van der Waals surface area contributed by atoms with Crippen molar-refractivity contribution in [2.24, 2.45) is 0 Å². The van der Waals surface area contributed by atoms with Gasteiger partial charge in [0, 0.05) is 20.6 Å². The molecule has 3 aromatic rings. The molecule has 1 fully saturated rings. The third-order valence-corrected chi connectivity index (χ3v) is 6.33. The molecule has 4 rings (SSSR count). The van der Waals surface area contributed by atoms with E-state index in [9.17, 15) is 22.8 Å². The number of nitrogens with one attached hydrogen (secondary N) is 1. The number of nitrogens with zero attached hydrogens (tertiary/aromatic N) is 2. The van der Waals surface area contributed by atoms with Gasteiger partial charge in [-0.2, -0.15) is 13.2 Å². The fraction of sp³-hybridized carbons (Fsp3) is 0.125. The van der Waals surface area contributed by atoms with E-state index in [1.165, 1.54) is 18.2 Å². The number of rotatable bonds is 3. The minimum atomic E-state index is -4.59. The molecule has 1 saturated heterocycles. The first-order chi connectivity index (χ1) is 16.0. The number of halogens is 4. The van der Waals surface area contributed by atoms with Crippen molar-refractivity contribution in [1.29, 1.82) is 0 Å². The standard InChI is InChI=1S/C24H17F3IN3O2S/c1-13-9-15(14(2)30(13)19-8-4-6-17(28)12-19)10-20-21(32)29-23(34)31(22(20)33)18-7-3-5-16(11-18)24(25,26)27/h3-12H,1-2H3,(H,29,32,34)/b20-10+. The Morgan fingerprint density at radius 1 is 1.00 bits per heavy atom. The lowest BCUT2D eigenvalue weighted by molar-refractivity contribution is -0.137. The van der Waals surface area contributed by atoms with Gasteiger partial charge in [0.2, 0.25) is 0 Å². The van der Waals surface area contributed by atoms with E-state index in [2.05, 4.69) is 27.9 Å². The zero-order valence-corrected chi connectivity index (χ0v) is 20.9. The maximum Gasteiger partial charge on any atom is 0.416 e. The van der Waals surface area contributed by atoms with E-state index >= 15 is 0 Å². The predicted molar refractivity (Wildman–Crippen MR) is 136 cm³/mol. The van der Waals surface area contributed by atoms with Gasteiger partial charge in [0.05, 0.1) is 11.3 Å². The first kappa shape index (κ1) is 24.1. The average Bonchev–Trinajstić information content (AvgIpc) is 3.03.